The monoisotopic (exact) mass is 423 g/mol. The van der Waals surface area contributed by atoms with Crippen molar-refractivity contribution in [3.8, 4) is 0 Å². The third kappa shape index (κ3) is 7.52. The molecule has 2 aliphatic heterocycles. The lowest BCUT2D eigenvalue weighted by Crippen LogP contribution is -2.56. The first-order chi connectivity index (χ1) is 14.4. The molecule has 0 aromatic carbocycles. The molecule has 2 saturated heterocycles. The Balaban J connectivity index is 2.11. The molecule has 2 rings (SSSR count). The summed E-state index contributed by atoms with van der Waals surface area (Å²) in [6.07, 6.45) is 7.51. The van der Waals surface area contributed by atoms with Gasteiger partial charge in [-0.2, -0.15) is 0 Å². The minimum Gasteiger partial charge on any atom is -0.381 e. The fourth-order valence-corrected chi connectivity index (χ4v) is 4.50. The highest BCUT2D eigenvalue weighted by atomic mass is 16.5. The van der Waals surface area contributed by atoms with E-state index in [-0.39, 0.29) is 23.1 Å². The van der Waals surface area contributed by atoms with Gasteiger partial charge in [-0.05, 0) is 70.0 Å². The van der Waals surface area contributed by atoms with Crippen molar-refractivity contribution < 1.29 is 14.3 Å². The summed E-state index contributed by atoms with van der Waals surface area (Å²) in [5, 5.41) is 6.20. The van der Waals surface area contributed by atoms with E-state index in [2.05, 4.69) is 43.2 Å². The molecule has 2 heterocycles. The molecule has 2 fully saturated rings. The predicted octanol–water partition coefficient (Wildman–Crippen LogP) is 3.35. The lowest BCUT2D eigenvalue weighted by Gasteiger charge is -2.42. The van der Waals surface area contributed by atoms with Crippen molar-refractivity contribution in [3.63, 3.8) is 0 Å². The standard InChI is InChI=1S/C24H45N3O3/c1-5-20(4)21-22(28)25-13-8-18-30-17-7-6-10-24(23(29)26-21)11-15-27(16-12-24)14-9-19(2)3/h19-21H,5-18H2,1-4H3,(H,25,28)(H,26,29)/t20-,21-/m0/s1. The molecule has 6 heteroatoms. The summed E-state index contributed by atoms with van der Waals surface area (Å²) in [6, 6.07) is -0.456. The quantitative estimate of drug-likeness (QED) is 0.711. The van der Waals surface area contributed by atoms with Crippen LogP contribution in [0.3, 0.4) is 0 Å². The number of carbonyl (C=O) groups excluding carboxylic acids is 2. The number of hydrogen-bond acceptors (Lipinski definition) is 4. The third-order valence-electron chi connectivity index (χ3n) is 7.06. The van der Waals surface area contributed by atoms with E-state index < -0.39 is 6.04 Å². The Hall–Kier alpha value is -1.14. The van der Waals surface area contributed by atoms with Gasteiger partial charge < -0.3 is 20.3 Å². The van der Waals surface area contributed by atoms with Crippen molar-refractivity contribution in [1.29, 1.82) is 0 Å². The van der Waals surface area contributed by atoms with Crippen molar-refractivity contribution in [2.45, 2.75) is 85.1 Å². The maximum absolute atomic E-state index is 13.6. The Morgan fingerprint density at radius 1 is 1.07 bits per heavy atom. The number of piperidine rings is 1. The zero-order valence-corrected chi connectivity index (χ0v) is 19.8. The van der Waals surface area contributed by atoms with Crippen LogP contribution in [0, 0.1) is 17.3 Å². The molecule has 2 N–H and O–H groups in total. The van der Waals surface area contributed by atoms with E-state index >= 15 is 0 Å². The minimum atomic E-state index is -0.456. The van der Waals surface area contributed by atoms with Gasteiger partial charge in [-0.3, -0.25) is 9.59 Å². The summed E-state index contributed by atoms with van der Waals surface area (Å²) in [7, 11) is 0. The number of ether oxygens (including phenoxy) is 1. The van der Waals surface area contributed by atoms with Crippen molar-refractivity contribution in [1.82, 2.24) is 15.5 Å². The van der Waals surface area contributed by atoms with Crippen LogP contribution in [0.1, 0.15) is 79.1 Å². The van der Waals surface area contributed by atoms with Gasteiger partial charge in [0.1, 0.15) is 6.04 Å². The molecule has 1 spiro atoms. The Bertz CT molecular complexity index is 530. The fourth-order valence-electron chi connectivity index (χ4n) is 4.50. The second-order valence-electron chi connectivity index (χ2n) is 9.86. The molecular weight excluding hydrogens is 378 g/mol. The van der Waals surface area contributed by atoms with Crippen LogP contribution < -0.4 is 10.6 Å². The van der Waals surface area contributed by atoms with E-state index in [9.17, 15) is 9.59 Å². The molecule has 0 saturated carbocycles. The average molecular weight is 424 g/mol. The Labute approximate surface area is 183 Å². The van der Waals surface area contributed by atoms with Gasteiger partial charge in [-0.25, -0.2) is 0 Å². The van der Waals surface area contributed by atoms with Crippen molar-refractivity contribution in [2.75, 3.05) is 39.4 Å². The van der Waals surface area contributed by atoms with E-state index in [1.807, 2.05) is 0 Å². The van der Waals surface area contributed by atoms with Crippen molar-refractivity contribution >= 4 is 11.8 Å². The van der Waals surface area contributed by atoms with Gasteiger partial charge in [0, 0.05) is 19.8 Å². The smallest absolute Gasteiger partial charge is 0.242 e. The predicted molar refractivity (Wildman–Crippen MR) is 121 cm³/mol. The summed E-state index contributed by atoms with van der Waals surface area (Å²) in [4.78, 5) is 28.9. The van der Waals surface area contributed by atoms with Crippen LogP contribution in [0.5, 0.6) is 0 Å². The third-order valence-corrected chi connectivity index (χ3v) is 7.06. The zero-order chi connectivity index (χ0) is 22.0. The number of carbonyl (C=O) groups is 2. The van der Waals surface area contributed by atoms with E-state index in [1.54, 1.807) is 0 Å². The second-order valence-corrected chi connectivity index (χ2v) is 9.86. The van der Waals surface area contributed by atoms with Crippen LogP contribution in [0.2, 0.25) is 0 Å². The van der Waals surface area contributed by atoms with Gasteiger partial charge in [0.15, 0.2) is 0 Å². The average Bonchev–Trinajstić information content (AvgIpc) is 2.74. The van der Waals surface area contributed by atoms with Gasteiger partial charge in [-0.15, -0.1) is 0 Å². The topological polar surface area (TPSA) is 70.7 Å². The van der Waals surface area contributed by atoms with Crippen LogP contribution in [-0.4, -0.2) is 62.1 Å². The largest absolute Gasteiger partial charge is 0.381 e. The summed E-state index contributed by atoms with van der Waals surface area (Å²) >= 11 is 0. The molecule has 0 bridgehead atoms. The normalized spacial score (nSPS) is 26.1. The van der Waals surface area contributed by atoms with Gasteiger partial charge >= 0.3 is 0 Å². The molecule has 6 nitrogen and oxygen atoms in total. The Kier molecular flexibility index (Phi) is 10.6. The first-order valence-corrected chi connectivity index (χ1v) is 12.3. The molecule has 0 aliphatic carbocycles. The zero-order valence-electron chi connectivity index (χ0n) is 19.8. The fraction of sp³-hybridized carbons (Fsp3) is 0.917. The number of nitrogens with zero attached hydrogens (tertiary/aromatic N) is 1. The molecule has 0 unspecified atom stereocenters. The van der Waals surface area contributed by atoms with Gasteiger partial charge in [-0.1, -0.05) is 40.5 Å². The highest BCUT2D eigenvalue weighted by Crippen LogP contribution is 2.37. The molecule has 2 aliphatic rings. The van der Waals surface area contributed by atoms with Gasteiger partial charge in [0.25, 0.3) is 0 Å². The number of amides is 2. The lowest BCUT2D eigenvalue weighted by molar-refractivity contribution is -0.139. The SMILES string of the molecule is CC[C@H](C)[C@@H]1NC(=O)C2(CCCCOCCCNC1=O)CCN(CCC(C)C)CC2. The van der Waals surface area contributed by atoms with Crippen LogP contribution in [0.25, 0.3) is 0 Å². The maximum Gasteiger partial charge on any atom is 0.242 e. The highest BCUT2D eigenvalue weighted by molar-refractivity contribution is 5.90. The number of nitrogens with one attached hydrogen (secondary N) is 2. The highest BCUT2D eigenvalue weighted by Gasteiger charge is 2.42. The van der Waals surface area contributed by atoms with Crippen LogP contribution in [0.15, 0.2) is 0 Å². The first kappa shape index (κ1) is 25.1. The van der Waals surface area contributed by atoms with Crippen LogP contribution in [0.4, 0.5) is 0 Å². The van der Waals surface area contributed by atoms with E-state index in [0.29, 0.717) is 19.1 Å². The maximum atomic E-state index is 13.6. The molecule has 0 aromatic heterocycles. The lowest BCUT2D eigenvalue weighted by atomic mass is 9.73. The molecule has 2 atom stereocenters. The Morgan fingerprint density at radius 3 is 2.43 bits per heavy atom. The number of likely N-dealkylation sites (tertiary alicyclic amines) is 1. The summed E-state index contributed by atoms with van der Waals surface area (Å²) in [6.45, 7) is 13.7. The molecule has 174 valence electrons. The second kappa shape index (κ2) is 12.7. The van der Waals surface area contributed by atoms with E-state index in [1.165, 1.54) is 6.42 Å². The van der Waals surface area contributed by atoms with Gasteiger partial charge in [0.05, 0.1) is 5.41 Å². The van der Waals surface area contributed by atoms with Crippen LogP contribution in [-0.2, 0) is 14.3 Å². The first-order valence-electron chi connectivity index (χ1n) is 12.3. The van der Waals surface area contributed by atoms with Crippen molar-refractivity contribution in [2.24, 2.45) is 17.3 Å². The molecule has 30 heavy (non-hydrogen) atoms. The van der Waals surface area contributed by atoms with E-state index in [0.717, 1.165) is 71.2 Å². The minimum absolute atomic E-state index is 0.0562. The molecular formula is C24H45N3O3. The molecule has 2 amide bonds. The molecule has 0 aromatic rings. The summed E-state index contributed by atoms with van der Waals surface area (Å²) in [5.74, 6) is 0.846. The number of rotatable bonds is 5. The Morgan fingerprint density at radius 2 is 1.77 bits per heavy atom. The summed E-state index contributed by atoms with van der Waals surface area (Å²) < 4.78 is 5.72. The molecule has 0 radical (unpaired) electrons. The van der Waals surface area contributed by atoms with Crippen LogP contribution >= 0.6 is 0 Å². The summed E-state index contributed by atoms with van der Waals surface area (Å²) in [5.41, 5.74) is -0.357. The van der Waals surface area contributed by atoms with Gasteiger partial charge in [0.2, 0.25) is 11.8 Å². The van der Waals surface area contributed by atoms with E-state index in [4.69, 9.17) is 4.74 Å². The number of hydrogen-bond donors (Lipinski definition) is 2. The van der Waals surface area contributed by atoms with Crippen molar-refractivity contribution in [3.05, 3.63) is 0 Å².